The van der Waals surface area contributed by atoms with Crippen molar-refractivity contribution in [2.75, 3.05) is 19.6 Å². The van der Waals surface area contributed by atoms with E-state index in [1.807, 2.05) is 54.3 Å². The molecule has 1 amide bonds. The summed E-state index contributed by atoms with van der Waals surface area (Å²) in [6, 6.07) is 13.9. The summed E-state index contributed by atoms with van der Waals surface area (Å²) in [7, 11) is 0. The first-order valence-corrected chi connectivity index (χ1v) is 10.7. The van der Waals surface area contributed by atoms with E-state index < -0.39 is 0 Å². The zero-order chi connectivity index (χ0) is 21.4. The monoisotopic (exact) mass is 414 g/mol. The van der Waals surface area contributed by atoms with E-state index in [9.17, 15) is 4.79 Å². The molecule has 1 aromatic carbocycles. The van der Waals surface area contributed by atoms with Crippen molar-refractivity contribution in [3.63, 3.8) is 0 Å². The highest BCUT2D eigenvalue weighted by Crippen LogP contribution is 2.29. The smallest absolute Gasteiger partial charge is 0.254 e. The van der Waals surface area contributed by atoms with Crippen molar-refractivity contribution in [1.82, 2.24) is 20.2 Å². The molecule has 2 atom stereocenters. The Labute approximate surface area is 181 Å². The standard InChI is InChI=1S/C24H26N6O/c1-16(23-28-20(9-12-30(23)25)17-5-3-2-4-6-17)21-13-18(7-10-27-21)24(31)29-11-8-19-14-26-15-22(19)29/h2-7,9-10,12-13,19,22,26H,8,11,14-15,25H2,1H3/b23-16+. The quantitative estimate of drug-likeness (QED) is 0.753. The van der Waals surface area contributed by atoms with Gasteiger partial charge in [-0.1, -0.05) is 30.3 Å². The van der Waals surface area contributed by atoms with E-state index in [0.29, 0.717) is 29.0 Å². The Morgan fingerprint density at radius 2 is 2.03 bits per heavy atom. The molecule has 2 saturated heterocycles. The van der Waals surface area contributed by atoms with Crippen molar-refractivity contribution in [2.45, 2.75) is 19.4 Å². The number of nitrogens with one attached hydrogen (secondary N) is 1. The van der Waals surface area contributed by atoms with Crippen molar-refractivity contribution >= 4 is 17.2 Å². The summed E-state index contributed by atoms with van der Waals surface area (Å²) < 4.78 is 0. The van der Waals surface area contributed by atoms with Gasteiger partial charge in [0.15, 0.2) is 5.82 Å². The van der Waals surface area contributed by atoms with Gasteiger partial charge in [-0.2, -0.15) is 0 Å². The number of hydrazine groups is 1. The molecular formula is C24H26N6O. The fourth-order valence-corrected chi connectivity index (χ4v) is 4.63. The topological polar surface area (TPSA) is 86.8 Å². The Kier molecular flexibility index (Phi) is 5.13. The van der Waals surface area contributed by atoms with Gasteiger partial charge in [0.25, 0.3) is 5.91 Å². The van der Waals surface area contributed by atoms with Crippen molar-refractivity contribution < 1.29 is 4.79 Å². The van der Waals surface area contributed by atoms with Gasteiger partial charge in [-0.05, 0) is 37.5 Å². The van der Waals surface area contributed by atoms with Gasteiger partial charge in [0.05, 0.1) is 11.4 Å². The largest absolute Gasteiger partial charge is 0.334 e. The minimum absolute atomic E-state index is 0.0688. The minimum Gasteiger partial charge on any atom is -0.334 e. The number of allylic oxidation sites excluding steroid dienone is 2. The molecular weight excluding hydrogens is 388 g/mol. The summed E-state index contributed by atoms with van der Waals surface area (Å²) in [5.41, 5.74) is 4.02. The summed E-state index contributed by atoms with van der Waals surface area (Å²) in [6.45, 7) is 4.63. The molecule has 7 nitrogen and oxygen atoms in total. The molecule has 3 aliphatic heterocycles. The molecule has 4 heterocycles. The predicted molar refractivity (Wildman–Crippen MR) is 121 cm³/mol. The molecule has 0 saturated carbocycles. The van der Waals surface area contributed by atoms with Gasteiger partial charge < -0.3 is 10.2 Å². The van der Waals surface area contributed by atoms with Crippen LogP contribution in [0.2, 0.25) is 0 Å². The van der Waals surface area contributed by atoms with Gasteiger partial charge >= 0.3 is 0 Å². The van der Waals surface area contributed by atoms with Crippen LogP contribution in [0, 0.1) is 5.92 Å². The number of benzene rings is 1. The Bertz CT molecular complexity index is 1090. The molecule has 3 aliphatic rings. The van der Waals surface area contributed by atoms with E-state index in [2.05, 4.69) is 10.3 Å². The number of carbonyl (C=O) groups is 1. The van der Waals surface area contributed by atoms with Gasteiger partial charge in [0, 0.05) is 54.8 Å². The van der Waals surface area contributed by atoms with Gasteiger partial charge in [0.1, 0.15) is 0 Å². The van der Waals surface area contributed by atoms with E-state index in [1.54, 1.807) is 18.5 Å². The Morgan fingerprint density at radius 1 is 1.19 bits per heavy atom. The summed E-state index contributed by atoms with van der Waals surface area (Å²) in [6.07, 6.45) is 6.43. The maximum atomic E-state index is 13.2. The van der Waals surface area contributed by atoms with Crippen molar-refractivity contribution in [1.29, 1.82) is 0 Å². The molecule has 0 bridgehead atoms. The number of likely N-dealkylation sites (tertiary alicyclic amines) is 1. The first-order valence-electron chi connectivity index (χ1n) is 10.7. The molecule has 31 heavy (non-hydrogen) atoms. The zero-order valence-electron chi connectivity index (χ0n) is 17.5. The summed E-state index contributed by atoms with van der Waals surface area (Å²) in [5, 5.41) is 4.89. The molecule has 0 aliphatic carbocycles. The number of fused-ring (bicyclic) bond motifs is 1. The maximum Gasteiger partial charge on any atom is 0.254 e. The third kappa shape index (κ3) is 3.66. The Balaban J connectivity index is 1.46. The van der Waals surface area contributed by atoms with E-state index in [-0.39, 0.29) is 5.91 Å². The number of hydrogen-bond acceptors (Lipinski definition) is 6. The molecule has 1 aromatic heterocycles. The van der Waals surface area contributed by atoms with Crippen LogP contribution in [-0.4, -0.2) is 52.2 Å². The average molecular weight is 415 g/mol. The first kappa shape index (κ1) is 19.7. The van der Waals surface area contributed by atoms with Crippen LogP contribution in [0.25, 0.3) is 5.57 Å². The molecule has 0 radical (unpaired) electrons. The van der Waals surface area contributed by atoms with E-state index >= 15 is 0 Å². The minimum atomic E-state index is 0.0688. The molecule has 5 rings (SSSR count). The molecule has 7 heteroatoms. The number of nitrogens with two attached hydrogens (primary N) is 1. The molecule has 2 unspecified atom stereocenters. The fourth-order valence-electron chi connectivity index (χ4n) is 4.63. The lowest BCUT2D eigenvalue weighted by Gasteiger charge is -2.24. The summed E-state index contributed by atoms with van der Waals surface area (Å²) in [5.74, 6) is 7.43. The summed E-state index contributed by atoms with van der Waals surface area (Å²) >= 11 is 0. The van der Waals surface area contributed by atoms with Crippen molar-refractivity contribution in [3.8, 4) is 0 Å². The van der Waals surface area contributed by atoms with Gasteiger partial charge in [-0.15, -0.1) is 0 Å². The van der Waals surface area contributed by atoms with Crippen LogP contribution >= 0.6 is 0 Å². The van der Waals surface area contributed by atoms with Crippen LogP contribution in [0.4, 0.5) is 0 Å². The van der Waals surface area contributed by atoms with Crippen LogP contribution < -0.4 is 11.2 Å². The third-order valence-corrected chi connectivity index (χ3v) is 6.37. The lowest BCUT2D eigenvalue weighted by Crippen LogP contribution is -2.39. The second kappa shape index (κ2) is 8.09. The lowest BCUT2D eigenvalue weighted by molar-refractivity contribution is 0.0737. The van der Waals surface area contributed by atoms with Gasteiger partial charge in [-0.25, -0.2) is 10.8 Å². The second-order valence-corrected chi connectivity index (χ2v) is 8.24. The van der Waals surface area contributed by atoms with Gasteiger partial charge in [0.2, 0.25) is 0 Å². The highest BCUT2D eigenvalue weighted by Gasteiger charge is 2.40. The molecule has 2 aromatic rings. The second-order valence-electron chi connectivity index (χ2n) is 8.24. The number of aliphatic imine (C=N–C) groups is 1. The number of nitrogens with zero attached hydrogens (tertiary/aromatic N) is 4. The van der Waals surface area contributed by atoms with Gasteiger partial charge in [-0.3, -0.25) is 14.8 Å². The van der Waals surface area contributed by atoms with Crippen LogP contribution in [-0.2, 0) is 0 Å². The number of hydrogen-bond donors (Lipinski definition) is 2. The number of amides is 1. The molecule has 2 fully saturated rings. The zero-order valence-corrected chi connectivity index (χ0v) is 17.5. The van der Waals surface area contributed by atoms with Crippen molar-refractivity contribution in [3.05, 3.63) is 83.6 Å². The Morgan fingerprint density at radius 3 is 2.87 bits per heavy atom. The fraction of sp³-hybridized carbons (Fsp3) is 0.292. The highest BCUT2D eigenvalue weighted by molar-refractivity contribution is 6.10. The molecule has 158 valence electrons. The predicted octanol–water partition coefficient (Wildman–Crippen LogP) is 2.40. The van der Waals surface area contributed by atoms with Crippen LogP contribution in [0.5, 0.6) is 0 Å². The van der Waals surface area contributed by atoms with Crippen LogP contribution in [0.3, 0.4) is 0 Å². The maximum absolute atomic E-state index is 13.2. The van der Waals surface area contributed by atoms with Crippen LogP contribution in [0.15, 0.2) is 71.8 Å². The molecule has 0 spiro atoms. The van der Waals surface area contributed by atoms with E-state index in [4.69, 9.17) is 10.8 Å². The summed E-state index contributed by atoms with van der Waals surface area (Å²) in [4.78, 5) is 24.5. The number of carbonyl (C=O) groups excluding carboxylic acids is 1. The van der Waals surface area contributed by atoms with E-state index in [0.717, 1.165) is 42.9 Å². The molecule has 3 N–H and O–H groups in total. The number of pyridine rings is 1. The Hall–Kier alpha value is -3.29. The highest BCUT2D eigenvalue weighted by atomic mass is 16.2. The number of aromatic nitrogens is 1. The van der Waals surface area contributed by atoms with Crippen LogP contribution in [0.1, 0.15) is 35.0 Å². The first-order chi connectivity index (χ1) is 15.1. The SMILES string of the molecule is C/C(=C1/N=C(c2ccccc2)C=CN1N)c1cc(C(=O)N2CCC3CNCC32)ccn1. The number of rotatable bonds is 3. The normalized spacial score (nSPS) is 24.3. The average Bonchev–Trinajstić information content (AvgIpc) is 3.43. The van der Waals surface area contributed by atoms with Crippen molar-refractivity contribution in [2.24, 2.45) is 16.8 Å². The lowest BCUT2D eigenvalue weighted by atomic mass is 10.0. The van der Waals surface area contributed by atoms with E-state index in [1.165, 1.54) is 5.01 Å². The third-order valence-electron chi connectivity index (χ3n) is 6.37.